The minimum atomic E-state index is -4.93. The summed E-state index contributed by atoms with van der Waals surface area (Å²) in [7, 11) is -3.47. The van der Waals surface area contributed by atoms with Crippen molar-refractivity contribution in [1.82, 2.24) is 19.4 Å². The Balaban J connectivity index is 1.51. The molecule has 2 aliphatic heterocycles. The van der Waals surface area contributed by atoms with E-state index in [0.29, 0.717) is 17.7 Å². The van der Waals surface area contributed by atoms with E-state index in [1.54, 1.807) is 0 Å². The molecule has 14 heteroatoms. The molecule has 0 bridgehead atoms. The first kappa shape index (κ1) is 25.5. The number of rotatable bonds is 3. The van der Waals surface area contributed by atoms with Gasteiger partial charge in [0, 0.05) is 43.9 Å². The van der Waals surface area contributed by atoms with Gasteiger partial charge in [0.25, 0.3) is 5.91 Å². The van der Waals surface area contributed by atoms with Gasteiger partial charge < -0.3 is 4.90 Å². The zero-order valence-electron chi connectivity index (χ0n) is 18.5. The number of piperidine rings is 1. The van der Waals surface area contributed by atoms with Crippen molar-refractivity contribution in [2.24, 2.45) is 0 Å². The molecule has 0 radical (unpaired) electrons. The molecule has 1 amide bonds. The Morgan fingerprint density at radius 3 is 2.09 bits per heavy atom. The molecule has 0 aliphatic carbocycles. The second kappa shape index (κ2) is 8.80. The third-order valence-electron chi connectivity index (χ3n) is 6.43. The molecule has 35 heavy (non-hydrogen) atoms. The van der Waals surface area contributed by atoms with Crippen LogP contribution in [0.25, 0.3) is 0 Å². The molecule has 1 aromatic heterocycles. The van der Waals surface area contributed by atoms with Crippen LogP contribution in [0.3, 0.4) is 0 Å². The van der Waals surface area contributed by atoms with Crippen LogP contribution in [0.2, 0.25) is 0 Å². The number of sulfonamides is 1. The SMILES string of the molecule is CS(=O)(=O)N1CCc2[nH]nc(C(=O)N3CCC(c4cc(C(F)(F)F)cc(C(F)(F)F)c4)CC3)c2C1. The first-order chi connectivity index (χ1) is 16.1. The third-order valence-corrected chi connectivity index (χ3v) is 7.68. The van der Waals surface area contributed by atoms with E-state index in [-0.39, 0.29) is 56.3 Å². The van der Waals surface area contributed by atoms with Crippen LogP contribution in [0, 0.1) is 0 Å². The predicted molar refractivity (Wildman–Crippen MR) is 112 cm³/mol. The predicted octanol–water partition coefficient (Wildman–Crippen LogP) is 3.78. The number of benzene rings is 1. The van der Waals surface area contributed by atoms with Crippen LogP contribution in [0.15, 0.2) is 18.2 Å². The summed E-state index contributed by atoms with van der Waals surface area (Å²) < 4.78 is 104. The van der Waals surface area contributed by atoms with E-state index < -0.39 is 45.3 Å². The summed E-state index contributed by atoms with van der Waals surface area (Å²) in [5.74, 6) is -1.05. The van der Waals surface area contributed by atoms with E-state index in [0.717, 1.165) is 18.4 Å². The van der Waals surface area contributed by atoms with E-state index in [4.69, 9.17) is 0 Å². The number of carbonyl (C=O) groups is 1. The Labute approximate surface area is 197 Å². The second-order valence-corrected chi connectivity index (χ2v) is 10.8. The normalized spacial score (nSPS) is 18.5. The molecule has 3 heterocycles. The zero-order valence-corrected chi connectivity index (χ0v) is 19.3. The van der Waals surface area contributed by atoms with Crippen molar-refractivity contribution >= 4 is 15.9 Å². The number of hydrogen-bond donors (Lipinski definition) is 1. The number of nitrogens with one attached hydrogen (secondary N) is 1. The van der Waals surface area contributed by atoms with Crippen LogP contribution in [0.4, 0.5) is 26.3 Å². The Bertz CT molecular complexity index is 1200. The van der Waals surface area contributed by atoms with Crippen molar-refractivity contribution in [2.75, 3.05) is 25.9 Å². The highest BCUT2D eigenvalue weighted by molar-refractivity contribution is 7.88. The molecule has 2 aliphatic rings. The number of fused-ring (bicyclic) bond motifs is 1. The van der Waals surface area contributed by atoms with Crippen LogP contribution in [0.5, 0.6) is 0 Å². The van der Waals surface area contributed by atoms with Gasteiger partial charge in [-0.1, -0.05) is 0 Å². The lowest BCUT2D eigenvalue weighted by Crippen LogP contribution is -2.40. The van der Waals surface area contributed by atoms with E-state index in [2.05, 4.69) is 10.2 Å². The van der Waals surface area contributed by atoms with Crippen LogP contribution in [0.1, 0.15) is 57.2 Å². The molecule has 7 nitrogen and oxygen atoms in total. The number of hydrogen-bond acceptors (Lipinski definition) is 4. The summed E-state index contributed by atoms with van der Waals surface area (Å²) in [5, 5.41) is 6.82. The lowest BCUT2D eigenvalue weighted by atomic mass is 9.87. The molecule has 192 valence electrons. The summed E-state index contributed by atoms with van der Waals surface area (Å²) in [6, 6.07) is 1.57. The lowest BCUT2D eigenvalue weighted by molar-refractivity contribution is -0.143. The summed E-state index contributed by atoms with van der Waals surface area (Å²) in [5.41, 5.74) is -1.59. The quantitative estimate of drug-likeness (QED) is 0.620. The largest absolute Gasteiger partial charge is 0.416 e. The van der Waals surface area contributed by atoms with E-state index >= 15 is 0 Å². The van der Waals surface area contributed by atoms with Gasteiger partial charge >= 0.3 is 12.4 Å². The maximum Gasteiger partial charge on any atom is 0.416 e. The summed E-state index contributed by atoms with van der Waals surface area (Å²) in [6.45, 7) is 0.466. The van der Waals surface area contributed by atoms with Crippen LogP contribution >= 0.6 is 0 Å². The third kappa shape index (κ3) is 5.32. The number of likely N-dealkylation sites (tertiary alicyclic amines) is 1. The minimum Gasteiger partial charge on any atom is -0.337 e. The minimum absolute atomic E-state index is 0.00728. The number of amides is 1. The number of alkyl halides is 6. The van der Waals surface area contributed by atoms with Gasteiger partial charge in [0.2, 0.25) is 10.0 Å². The highest BCUT2D eigenvalue weighted by atomic mass is 32.2. The number of aromatic nitrogens is 2. The van der Waals surface area contributed by atoms with Gasteiger partial charge in [0.1, 0.15) is 0 Å². The average molecular weight is 524 g/mol. The monoisotopic (exact) mass is 524 g/mol. The molecule has 1 fully saturated rings. The van der Waals surface area contributed by atoms with Gasteiger partial charge in [-0.25, -0.2) is 8.42 Å². The molecular weight excluding hydrogens is 502 g/mol. The first-order valence-electron chi connectivity index (χ1n) is 10.7. The first-order valence-corrected chi connectivity index (χ1v) is 12.6. The molecule has 0 spiro atoms. The van der Waals surface area contributed by atoms with Gasteiger partial charge in [-0.2, -0.15) is 35.7 Å². The number of aromatic amines is 1. The Kier molecular flexibility index (Phi) is 6.41. The van der Waals surface area contributed by atoms with E-state index in [1.807, 2.05) is 0 Å². The van der Waals surface area contributed by atoms with Crippen LogP contribution in [-0.2, 0) is 35.3 Å². The van der Waals surface area contributed by atoms with Gasteiger partial charge in [-0.15, -0.1) is 0 Å². The van der Waals surface area contributed by atoms with Crippen molar-refractivity contribution in [2.45, 2.75) is 44.1 Å². The van der Waals surface area contributed by atoms with Crippen molar-refractivity contribution in [1.29, 1.82) is 0 Å². The maximum absolute atomic E-state index is 13.2. The van der Waals surface area contributed by atoms with Crippen molar-refractivity contribution in [3.8, 4) is 0 Å². The topological polar surface area (TPSA) is 86.4 Å². The van der Waals surface area contributed by atoms with Crippen molar-refractivity contribution in [3.63, 3.8) is 0 Å². The Morgan fingerprint density at radius 1 is 1.00 bits per heavy atom. The van der Waals surface area contributed by atoms with Gasteiger partial charge in [0.15, 0.2) is 5.69 Å². The summed E-state index contributed by atoms with van der Waals surface area (Å²) in [6.07, 6.45) is -8.07. The van der Waals surface area contributed by atoms with E-state index in [9.17, 15) is 39.6 Å². The average Bonchev–Trinajstić information content (AvgIpc) is 3.20. The highest BCUT2D eigenvalue weighted by Crippen LogP contribution is 2.39. The highest BCUT2D eigenvalue weighted by Gasteiger charge is 2.38. The molecule has 4 rings (SSSR count). The number of carbonyl (C=O) groups excluding carboxylic acids is 1. The fourth-order valence-electron chi connectivity index (χ4n) is 4.51. The lowest BCUT2D eigenvalue weighted by Gasteiger charge is -2.33. The standard InChI is InChI=1S/C21H22F6N4O3S/c1-35(33,34)31-7-4-17-16(11-31)18(29-28-17)19(32)30-5-2-12(3-6-30)13-8-14(20(22,23)24)10-15(9-13)21(25,26)27/h8-10,12H,2-7,11H2,1H3,(H,28,29). The van der Waals surface area contributed by atoms with Crippen LogP contribution < -0.4 is 0 Å². The molecular formula is C21H22F6N4O3S. The zero-order chi connectivity index (χ0) is 25.8. The van der Waals surface area contributed by atoms with Crippen LogP contribution in [-0.4, -0.2) is 59.6 Å². The van der Waals surface area contributed by atoms with Gasteiger partial charge in [0.05, 0.1) is 17.4 Å². The molecule has 0 atom stereocenters. The molecule has 1 N–H and O–H groups in total. The Hall–Kier alpha value is -2.61. The fourth-order valence-corrected chi connectivity index (χ4v) is 5.30. The number of halogens is 6. The van der Waals surface area contributed by atoms with Gasteiger partial charge in [-0.05, 0) is 42.5 Å². The smallest absolute Gasteiger partial charge is 0.337 e. The summed E-state index contributed by atoms with van der Waals surface area (Å²) in [4.78, 5) is 14.5. The number of H-pyrrole nitrogens is 1. The maximum atomic E-state index is 13.2. The molecule has 0 unspecified atom stereocenters. The van der Waals surface area contributed by atoms with Crippen molar-refractivity contribution in [3.05, 3.63) is 51.8 Å². The fraction of sp³-hybridized carbons (Fsp3) is 0.524. The van der Waals surface area contributed by atoms with Gasteiger partial charge in [-0.3, -0.25) is 9.89 Å². The van der Waals surface area contributed by atoms with E-state index in [1.165, 1.54) is 9.21 Å². The molecule has 1 aromatic carbocycles. The Morgan fingerprint density at radius 2 is 1.57 bits per heavy atom. The van der Waals surface area contributed by atoms with Crippen molar-refractivity contribution < 1.29 is 39.6 Å². The molecule has 0 saturated carbocycles. The summed E-state index contributed by atoms with van der Waals surface area (Å²) >= 11 is 0. The molecule has 1 saturated heterocycles. The second-order valence-electron chi connectivity index (χ2n) is 8.78. The number of nitrogens with zero attached hydrogens (tertiary/aromatic N) is 3. The molecule has 2 aromatic rings.